The Balaban J connectivity index is 1.94. The van der Waals surface area contributed by atoms with Crippen LogP contribution in [0, 0.1) is 10.1 Å². The SMILES string of the molecule is CCOc1cc([N+](=O)[O-])c(C(=O)N[C@@H]2CCOc3ccccc32)cc1OC. The van der Waals surface area contributed by atoms with Crippen LogP contribution in [-0.4, -0.2) is 31.2 Å². The number of nitro benzene ring substituents is 1. The molecule has 0 aromatic heterocycles. The van der Waals surface area contributed by atoms with Crippen molar-refractivity contribution in [3.05, 3.63) is 57.6 Å². The number of amides is 1. The highest BCUT2D eigenvalue weighted by atomic mass is 16.6. The maximum Gasteiger partial charge on any atom is 0.286 e. The van der Waals surface area contributed by atoms with Gasteiger partial charge in [0.1, 0.15) is 11.3 Å². The van der Waals surface area contributed by atoms with Crippen LogP contribution in [-0.2, 0) is 0 Å². The smallest absolute Gasteiger partial charge is 0.286 e. The summed E-state index contributed by atoms with van der Waals surface area (Å²) >= 11 is 0. The first-order chi connectivity index (χ1) is 13.0. The molecule has 1 amide bonds. The molecule has 0 bridgehead atoms. The Hall–Kier alpha value is -3.29. The van der Waals surface area contributed by atoms with E-state index >= 15 is 0 Å². The highest BCUT2D eigenvalue weighted by molar-refractivity contribution is 5.99. The van der Waals surface area contributed by atoms with Gasteiger partial charge in [-0.05, 0) is 13.0 Å². The summed E-state index contributed by atoms with van der Waals surface area (Å²) in [6, 6.07) is 9.67. The molecule has 0 spiro atoms. The molecular formula is C19H20N2O6. The summed E-state index contributed by atoms with van der Waals surface area (Å²) in [5.41, 5.74) is 0.430. The Morgan fingerprint density at radius 3 is 2.81 bits per heavy atom. The van der Waals surface area contributed by atoms with Crippen LogP contribution in [0.1, 0.15) is 35.3 Å². The zero-order valence-electron chi connectivity index (χ0n) is 15.1. The van der Waals surface area contributed by atoms with Crippen LogP contribution in [0.3, 0.4) is 0 Å². The Kier molecular flexibility index (Phi) is 5.44. The predicted molar refractivity (Wildman–Crippen MR) is 97.6 cm³/mol. The van der Waals surface area contributed by atoms with Gasteiger partial charge in [0.05, 0.1) is 37.4 Å². The lowest BCUT2D eigenvalue weighted by Crippen LogP contribution is -2.32. The molecule has 2 aromatic carbocycles. The van der Waals surface area contributed by atoms with Crippen LogP contribution in [0.25, 0.3) is 0 Å². The van der Waals surface area contributed by atoms with Gasteiger partial charge in [0.2, 0.25) is 0 Å². The average molecular weight is 372 g/mol. The number of fused-ring (bicyclic) bond motifs is 1. The molecule has 0 unspecified atom stereocenters. The third-order valence-corrected chi connectivity index (χ3v) is 4.29. The molecule has 0 saturated heterocycles. The van der Waals surface area contributed by atoms with Gasteiger partial charge >= 0.3 is 0 Å². The van der Waals surface area contributed by atoms with Crippen molar-refractivity contribution in [1.82, 2.24) is 5.32 Å². The van der Waals surface area contributed by atoms with Crippen molar-refractivity contribution in [3.8, 4) is 17.2 Å². The van der Waals surface area contributed by atoms with E-state index in [1.54, 1.807) is 6.92 Å². The van der Waals surface area contributed by atoms with Gasteiger partial charge in [-0.1, -0.05) is 18.2 Å². The van der Waals surface area contributed by atoms with E-state index in [2.05, 4.69) is 5.32 Å². The largest absolute Gasteiger partial charge is 0.493 e. The fourth-order valence-electron chi connectivity index (χ4n) is 3.04. The molecular weight excluding hydrogens is 352 g/mol. The molecule has 2 aromatic rings. The van der Waals surface area contributed by atoms with Crippen LogP contribution >= 0.6 is 0 Å². The summed E-state index contributed by atoms with van der Waals surface area (Å²) < 4.78 is 16.2. The van der Waals surface area contributed by atoms with Crippen LogP contribution in [0.4, 0.5) is 5.69 Å². The molecule has 27 heavy (non-hydrogen) atoms. The predicted octanol–water partition coefficient (Wildman–Crippen LogP) is 3.26. The van der Waals surface area contributed by atoms with E-state index < -0.39 is 10.8 Å². The van der Waals surface area contributed by atoms with Crippen molar-refractivity contribution in [3.63, 3.8) is 0 Å². The fraction of sp³-hybridized carbons (Fsp3) is 0.316. The van der Waals surface area contributed by atoms with Gasteiger partial charge in [0.15, 0.2) is 11.5 Å². The lowest BCUT2D eigenvalue weighted by molar-refractivity contribution is -0.385. The number of carbonyl (C=O) groups excluding carboxylic acids is 1. The van der Waals surface area contributed by atoms with E-state index in [4.69, 9.17) is 14.2 Å². The van der Waals surface area contributed by atoms with Crippen LogP contribution in [0.15, 0.2) is 36.4 Å². The van der Waals surface area contributed by atoms with Gasteiger partial charge in [-0.3, -0.25) is 14.9 Å². The van der Waals surface area contributed by atoms with Crippen LogP contribution in [0.2, 0.25) is 0 Å². The minimum absolute atomic E-state index is 0.0794. The van der Waals surface area contributed by atoms with E-state index in [9.17, 15) is 14.9 Å². The number of rotatable bonds is 6. The Morgan fingerprint density at radius 2 is 2.11 bits per heavy atom. The van der Waals surface area contributed by atoms with Crippen molar-refractivity contribution in [2.75, 3.05) is 20.3 Å². The summed E-state index contributed by atoms with van der Waals surface area (Å²) in [7, 11) is 1.42. The molecule has 0 saturated carbocycles. The van der Waals surface area contributed by atoms with E-state index in [1.807, 2.05) is 24.3 Å². The number of nitrogens with zero attached hydrogens (tertiary/aromatic N) is 1. The maximum atomic E-state index is 12.8. The second-order valence-corrected chi connectivity index (χ2v) is 5.91. The normalized spacial score (nSPS) is 15.3. The van der Waals surface area contributed by atoms with Gasteiger partial charge in [-0.15, -0.1) is 0 Å². The Bertz CT molecular complexity index is 867. The number of nitrogens with one attached hydrogen (secondary N) is 1. The summed E-state index contributed by atoms with van der Waals surface area (Å²) in [6.07, 6.45) is 0.574. The van der Waals surface area contributed by atoms with Crippen LogP contribution in [0.5, 0.6) is 17.2 Å². The highest BCUT2D eigenvalue weighted by Crippen LogP contribution is 2.36. The number of hydrogen-bond acceptors (Lipinski definition) is 6. The number of methoxy groups -OCH3 is 1. The molecule has 0 fully saturated rings. The first kappa shape index (κ1) is 18.5. The molecule has 3 rings (SSSR count). The average Bonchev–Trinajstić information content (AvgIpc) is 2.68. The quantitative estimate of drug-likeness (QED) is 0.617. The third-order valence-electron chi connectivity index (χ3n) is 4.29. The zero-order valence-corrected chi connectivity index (χ0v) is 15.1. The van der Waals surface area contributed by atoms with Gasteiger partial charge in [-0.25, -0.2) is 0 Å². The summed E-state index contributed by atoms with van der Waals surface area (Å²) in [5.74, 6) is 0.636. The topological polar surface area (TPSA) is 99.9 Å². The maximum absolute atomic E-state index is 12.8. The monoisotopic (exact) mass is 372 g/mol. The van der Waals surface area contributed by atoms with Crippen molar-refractivity contribution in [2.45, 2.75) is 19.4 Å². The lowest BCUT2D eigenvalue weighted by atomic mass is 10.00. The number of nitro groups is 1. The van der Waals surface area contributed by atoms with Crippen molar-refractivity contribution in [1.29, 1.82) is 0 Å². The van der Waals surface area contributed by atoms with E-state index in [1.165, 1.54) is 19.2 Å². The number of carbonyl (C=O) groups is 1. The summed E-state index contributed by atoms with van der Waals surface area (Å²) in [4.78, 5) is 23.7. The molecule has 1 aliphatic rings. The van der Waals surface area contributed by atoms with Crippen molar-refractivity contribution >= 4 is 11.6 Å². The van der Waals surface area contributed by atoms with Gasteiger partial charge < -0.3 is 19.5 Å². The number of ether oxygens (including phenoxy) is 3. The first-order valence-corrected chi connectivity index (χ1v) is 8.57. The van der Waals surface area contributed by atoms with Gasteiger partial charge in [0, 0.05) is 18.1 Å². The van der Waals surface area contributed by atoms with Gasteiger partial charge in [0.25, 0.3) is 11.6 Å². The molecule has 1 atom stereocenters. The summed E-state index contributed by atoms with van der Waals surface area (Å²) in [6.45, 7) is 2.53. The van der Waals surface area contributed by atoms with Gasteiger partial charge in [-0.2, -0.15) is 0 Å². The number of para-hydroxylation sites is 1. The molecule has 0 radical (unpaired) electrons. The van der Waals surface area contributed by atoms with Crippen LogP contribution < -0.4 is 19.5 Å². The van der Waals surface area contributed by atoms with E-state index in [0.29, 0.717) is 25.4 Å². The second-order valence-electron chi connectivity index (χ2n) is 5.91. The Labute approximate surface area is 156 Å². The fourth-order valence-corrected chi connectivity index (χ4v) is 3.04. The van der Waals surface area contributed by atoms with E-state index in [-0.39, 0.29) is 28.8 Å². The zero-order chi connectivity index (χ0) is 19.4. The molecule has 0 aliphatic carbocycles. The minimum Gasteiger partial charge on any atom is -0.493 e. The molecule has 1 heterocycles. The molecule has 8 nitrogen and oxygen atoms in total. The Morgan fingerprint density at radius 1 is 1.33 bits per heavy atom. The van der Waals surface area contributed by atoms with E-state index in [0.717, 1.165) is 5.56 Å². The molecule has 1 N–H and O–H groups in total. The first-order valence-electron chi connectivity index (χ1n) is 8.57. The van der Waals surface area contributed by atoms with Crippen molar-refractivity contribution < 1.29 is 23.9 Å². The molecule has 1 aliphatic heterocycles. The minimum atomic E-state index is -0.602. The standard InChI is InChI=1S/C19H20N2O6/c1-3-26-18-11-15(21(23)24)13(10-17(18)25-2)19(22)20-14-8-9-27-16-7-5-4-6-12(14)16/h4-7,10-11,14H,3,8-9H2,1-2H3,(H,20,22)/t14-/m1/s1. The molecule has 142 valence electrons. The lowest BCUT2D eigenvalue weighted by Gasteiger charge is -2.26. The van der Waals surface area contributed by atoms with Crippen molar-refractivity contribution in [2.24, 2.45) is 0 Å². The second kappa shape index (κ2) is 7.94. The number of benzene rings is 2. The number of hydrogen-bond donors (Lipinski definition) is 1. The molecule has 8 heteroatoms. The third kappa shape index (κ3) is 3.79. The summed E-state index contributed by atoms with van der Waals surface area (Å²) in [5, 5.41) is 14.4. The highest BCUT2D eigenvalue weighted by Gasteiger charge is 2.28.